The summed E-state index contributed by atoms with van der Waals surface area (Å²) in [4.78, 5) is 23.5. The summed E-state index contributed by atoms with van der Waals surface area (Å²) in [6.45, 7) is 4.58. The number of carbonyl (C=O) groups is 1. The number of anilines is 1. The first-order chi connectivity index (χ1) is 20.3. The van der Waals surface area contributed by atoms with E-state index in [0.29, 0.717) is 5.02 Å². The predicted octanol–water partition coefficient (Wildman–Crippen LogP) is 5.97. The molecule has 1 N–H and O–H groups in total. The Bertz CT molecular complexity index is 1840. The molecular formula is C29H27Cl2N5O6S. The lowest BCUT2D eigenvalue weighted by Crippen LogP contribution is -2.39. The summed E-state index contributed by atoms with van der Waals surface area (Å²) in [5, 5.41) is 16.4. The van der Waals surface area contributed by atoms with Gasteiger partial charge in [0, 0.05) is 44.3 Å². The van der Waals surface area contributed by atoms with Gasteiger partial charge in [-0.3, -0.25) is 19.2 Å². The van der Waals surface area contributed by atoms with Gasteiger partial charge in [-0.2, -0.15) is 5.10 Å². The van der Waals surface area contributed by atoms with Crippen LogP contribution in [0.25, 0.3) is 5.69 Å². The number of carbonyl (C=O) groups excluding carboxylic acids is 1. The van der Waals surface area contributed by atoms with Crippen molar-refractivity contribution in [2.24, 2.45) is 5.10 Å². The third-order valence-electron chi connectivity index (χ3n) is 6.61. The van der Waals surface area contributed by atoms with Crippen molar-refractivity contribution in [3.05, 3.63) is 109 Å². The van der Waals surface area contributed by atoms with Crippen molar-refractivity contribution < 1.29 is 22.9 Å². The van der Waals surface area contributed by atoms with E-state index < -0.39 is 32.3 Å². The second-order valence-corrected chi connectivity index (χ2v) is 12.2. The van der Waals surface area contributed by atoms with Crippen molar-refractivity contribution in [3.8, 4) is 11.4 Å². The number of amides is 1. The van der Waals surface area contributed by atoms with Gasteiger partial charge in [0.15, 0.2) is 0 Å². The molecule has 0 fully saturated rings. The minimum absolute atomic E-state index is 0.0381. The minimum Gasteiger partial charge on any atom is -0.495 e. The molecule has 1 heterocycles. The highest BCUT2D eigenvalue weighted by Crippen LogP contribution is 2.35. The third-order valence-corrected chi connectivity index (χ3v) is 8.85. The Balaban J connectivity index is 1.65. The number of nitrogens with one attached hydrogen (secondary N) is 1. The van der Waals surface area contributed by atoms with Crippen LogP contribution in [-0.2, 0) is 14.8 Å². The highest BCUT2D eigenvalue weighted by molar-refractivity contribution is 7.92. The van der Waals surface area contributed by atoms with Gasteiger partial charge < -0.3 is 9.30 Å². The zero-order chi connectivity index (χ0) is 31.5. The van der Waals surface area contributed by atoms with Crippen molar-refractivity contribution in [2.75, 3.05) is 18.0 Å². The smallest absolute Gasteiger partial charge is 0.273 e. The van der Waals surface area contributed by atoms with Crippen molar-refractivity contribution in [1.29, 1.82) is 0 Å². The number of hydrazone groups is 1. The number of nitro groups is 1. The van der Waals surface area contributed by atoms with Gasteiger partial charge in [0.25, 0.3) is 21.6 Å². The fraction of sp³-hybridized carbons (Fsp3) is 0.172. The van der Waals surface area contributed by atoms with Gasteiger partial charge >= 0.3 is 0 Å². The van der Waals surface area contributed by atoms with Crippen molar-refractivity contribution in [1.82, 2.24) is 9.99 Å². The van der Waals surface area contributed by atoms with Gasteiger partial charge in [0.05, 0.1) is 28.8 Å². The molecule has 43 heavy (non-hydrogen) atoms. The standard InChI is InChI=1S/C29H27Cl2N5O6S/c1-18-5-11-25(15-26(18)36(38)39)43(40,41)34(27-14-23(31)8-12-28(27)42-4)17-29(37)33-32-16-21-13-19(2)35(20(21)3)24-9-6-22(30)7-10-24/h5-16H,17H2,1-4H3,(H,33,37)/b32-16-. The molecule has 0 aliphatic heterocycles. The van der Waals surface area contributed by atoms with Gasteiger partial charge in [-0.25, -0.2) is 13.8 Å². The summed E-state index contributed by atoms with van der Waals surface area (Å²) in [7, 11) is -3.19. The lowest BCUT2D eigenvalue weighted by Gasteiger charge is -2.25. The van der Waals surface area contributed by atoms with Crippen LogP contribution < -0.4 is 14.5 Å². The van der Waals surface area contributed by atoms with E-state index in [0.717, 1.165) is 33.0 Å². The Morgan fingerprint density at radius 3 is 2.37 bits per heavy atom. The average Bonchev–Trinajstić information content (AvgIpc) is 3.24. The van der Waals surface area contributed by atoms with E-state index in [2.05, 4.69) is 10.5 Å². The number of halogens is 2. The summed E-state index contributed by atoms with van der Waals surface area (Å²) in [6.07, 6.45) is 1.45. The van der Waals surface area contributed by atoms with Crippen molar-refractivity contribution in [3.63, 3.8) is 0 Å². The molecule has 0 unspecified atom stereocenters. The Kier molecular flexibility index (Phi) is 9.43. The molecule has 0 atom stereocenters. The minimum atomic E-state index is -4.53. The maximum Gasteiger partial charge on any atom is 0.273 e. The summed E-state index contributed by atoms with van der Waals surface area (Å²) in [6, 6.07) is 17.0. The van der Waals surface area contributed by atoms with E-state index in [-0.39, 0.29) is 27.7 Å². The number of benzene rings is 3. The van der Waals surface area contributed by atoms with Crippen molar-refractivity contribution >= 4 is 56.7 Å². The second-order valence-electron chi connectivity index (χ2n) is 9.46. The van der Waals surface area contributed by atoms with E-state index >= 15 is 0 Å². The van der Waals surface area contributed by atoms with Crippen LogP contribution in [0.3, 0.4) is 0 Å². The molecule has 0 aliphatic carbocycles. The highest BCUT2D eigenvalue weighted by atomic mass is 35.5. The van der Waals surface area contributed by atoms with Gasteiger partial charge in [-0.15, -0.1) is 0 Å². The summed E-state index contributed by atoms with van der Waals surface area (Å²) in [5.41, 5.74) is 5.61. The van der Waals surface area contributed by atoms with Crippen LogP contribution in [0, 0.1) is 30.9 Å². The van der Waals surface area contributed by atoms with Crippen LogP contribution in [-0.4, -0.2) is 43.7 Å². The molecule has 0 saturated carbocycles. The maximum absolute atomic E-state index is 13.8. The van der Waals surface area contributed by atoms with Crippen molar-refractivity contribution in [2.45, 2.75) is 25.7 Å². The van der Waals surface area contributed by atoms with Crippen LogP contribution in [0.15, 0.2) is 76.7 Å². The van der Waals surface area contributed by atoms with Gasteiger partial charge in [-0.05, 0) is 75.4 Å². The summed E-state index contributed by atoms with van der Waals surface area (Å²) < 4.78 is 35.8. The number of methoxy groups -OCH3 is 1. The number of aryl methyl sites for hydroxylation is 2. The molecule has 224 valence electrons. The third kappa shape index (κ3) is 6.82. The Labute approximate surface area is 258 Å². The highest BCUT2D eigenvalue weighted by Gasteiger charge is 2.31. The molecule has 14 heteroatoms. The first kappa shape index (κ1) is 31.5. The van der Waals surface area contributed by atoms with E-state index in [1.165, 1.54) is 50.6 Å². The molecule has 11 nitrogen and oxygen atoms in total. The SMILES string of the molecule is COc1ccc(Cl)cc1N(CC(=O)N/N=C\c1cc(C)n(-c2ccc(Cl)cc2)c1C)S(=O)(=O)c1ccc(C)c([N+](=O)[O-])c1. The normalized spacial score (nSPS) is 11.5. The molecule has 0 radical (unpaired) electrons. The number of sulfonamides is 1. The van der Waals surface area contributed by atoms with Crippen LogP contribution in [0.1, 0.15) is 22.5 Å². The zero-order valence-corrected chi connectivity index (χ0v) is 25.9. The molecule has 0 spiro atoms. The van der Waals surface area contributed by atoms with Crippen LogP contribution in [0.4, 0.5) is 11.4 Å². The molecule has 3 aromatic carbocycles. The maximum atomic E-state index is 13.8. The van der Waals surface area contributed by atoms with E-state index in [1.807, 2.05) is 36.6 Å². The molecule has 4 aromatic rings. The lowest BCUT2D eigenvalue weighted by molar-refractivity contribution is -0.385. The number of ether oxygens (including phenoxy) is 1. The Morgan fingerprint density at radius 1 is 1.05 bits per heavy atom. The number of nitrogens with zero attached hydrogens (tertiary/aromatic N) is 4. The number of rotatable bonds is 10. The number of aromatic nitrogens is 1. The second kappa shape index (κ2) is 12.9. The van der Waals surface area contributed by atoms with Crippen LogP contribution in [0.5, 0.6) is 5.75 Å². The largest absolute Gasteiger partial charge is 0.495 e. The fourth-order valence-corrected chi connectivity index (χ4v) is 6.21. The quantitative estimate of drug-likeness (QED) is 0.128. The lowest BCUT2D eigenvalue weighted by atomic mass is 10.2. The predicted molar refractivity (Wildman–Crippen MR) is 166 cm³/mol. The van der Waals surface area contributed by atoms with E-state index in [9.17, 15) is 23.3 Å². The van der Waals surface area contributed by atoms with E-state index in [4.69, 9.17) is 27.9 Å². The Morgan fingerprint density at radius 2 is 1.72 bits per heavy atom. The molecule has 1 amide bonds. The molecular weight excluding hydrogens is 617 g/mol. The van der Waals surface area contributed by atoms with Gasteiger partial charge in [0.2, 0.25) is 0 Å². The zero-order valence-electron chi connectivity index (χ0n) is 23.5. The summed E-state index contributed by atoms with van der Waals surface area (Å²) >= 11 is 12.2. The molecule has 0 bridgehead atoms. The molecule has 1 aromatic heterocycles. The van der Waals surface area contributed by atoms with Crippen LogP contribution in [0.2, 0.25) is 10.0 Å². The first-order valence-corrected chi connectivity index (χ1v) is 14.9. The van der Waals surface area contributed by atoms with E-state index in [1.54, 1.807) is 12.1 Å². The number of hydrogen-bond acceptors (Lipinski definition) is 7. The molecule has 4 rings (SSSR count). The van der Waals surface area contributed by atoms with Gasteiger partial charge in [-0.1, -0.05) is 29.3 Å². The molecule has 0 saturated heterocycles. The number of hydrogen-bond donors (Lipinski definition) is 1. The molecule has 0 aliphatic rings. The first-order valence-electron chi connectivity index (χ1n) is 12.7. The Hall–Kier alpha value is -4.39. The summed E-state index contributed by atoms with van der Waals surface area (Å²) in [5.74, 6) is -0.671. The van der Waals surface area contributed by atoms with Crippen LogP contribution >= 0.6 is 23.2 Å². The fourth-order valence-electron chi connectivity index (χ4n) is 4.48. The number of nitro benzene ring substituents is 1. The topological polar surface area (TPSA) is 136 Å². The monoisotopic (exact) mass is 643 g/mol. The van der Waals surface area contributed by atoms with Gasteiger partial charge in [0.1, 0.15) is 12.3 Å². The average molecular weight is 645 g/mol.